The molecule has 0 saturated heterocycles. The van der Waals surface area contributed by atoms with Crippen LogP contribution in [0, 0.1) is 5.92 Å². The van der Waals surface area contributed by atoms with E-state index in [0.29, 0.717) is 31.8 Å². The largest absolute Gasteiger partial charge is 0.466 e. The van der Waals surface area contributed by atoms with Gasteiger partial charge in [0, 0.05) is 31.8 Å². The van der Waals surface area contributed by atoms with Crippen LogP contribution in [0.2, 0.25) is 0 Å². The SMILES string of the molecule is CCCCCCCCCCC(CCCCCC(=O)OCCCCCCC(CCCCCC)CCCCCC)N(CCCN(C)C)C(=O)CCCCCCC(=O)OC(CC)CCCCCCCC. The van der Waals surface area contributed by atoms with Crippen LogP contribution >= 0.6 is 0 Å². The van der Waals surface area contributed by atoms with Gasteiger partial charge in [-0.25, -0.2) is 0 Å². The zero-order valence-electron chi connectivity index (χ0n) is 46.4. The highest BCUT2D eigenvalue weighted by molar-refractivity contribution is 5.76. The number of rotatable bonds is 53. The highest BCUT2D eigenvalue weighted by atomic mass is 16.5. The molecule has 1 amide bonds. The standard InChI is InChI=1S/C60H118N2O5/c1-8-13-17-21-23-24-25-35-46-56(47-36-31-40-50-59(64)66-54-41-30-29-34-45-55(43-32-19-15-10-3)44-33-20-16-11-4)62(53-42-52-61(6)7)58(63)49-38-27-28-39-51-60(65)67-57(12-5)48-37-26-22-18-14-9-2/h55-57H,8-54H2,1-7H3. The summed E-state index contributed by atoms with van der Waals surface area (Å²) in [6.07, 6.45) is 50.9. The monoisotopic (exact) mass is 947 g/mol. The number of hydrogen-bond acceptors (Lipinski definition) is 6. The molecule has 7 heteroatoms. The molecule has 0 aliphatic carbocycles. The molecule has 0 saturated carbocycles. The van der Waals surface area contributed by atoms with Crippen molar-refractivity contribution in [2.45, 2.75) is 329 Å². The van der Waals surface area contributed by atoms with Crippen LogP contribution in [0.3, 0.4) is 0 Å². The number of ether oxygens (including phenoxy) is 2. The number of unbranched alkanes of at least 4 members (excludes halogenated alkanes) is 26. The normalized spacial score (nSPS) is 12.6. The van der Waals surface area contributed by atoms with E-state index < -0.39 is 0 Å². The Morgan fingerprint density at radius 2 is 0.776 bits per heavy atom. The summed E-state index contributed by atoms with van der Waals surface area (Å²) in [5.74, 6) is 1.11. The summed E-state index contributed by atoms with van der Waals surface area (Å²) in [6.45, 7) is 13.6. The van der Waals surface area contributed by atoms with Crippen molar-refractivity contribution in [3.05, 3.63) is 0 Å². The minimum atomic E-state index is -0.0533. The second-order valence-corrected chi connectivity index (χ2v) is 21.2. The molecule has 0 spiro atoms. The van der Waals surface area contributed by atoms with Crippen LogP contribution in [0.1, 0.15) is 317 Å². The lowest BCUT2D eigenvalue weighted by atomic mass is 9.90. The van der Waals surface area contributed by atoms with Crippen LogP contribution in [-0.4, -0.2) is 73.6 Å². The molecule has 0 heterocycles. The van der Waals surface area contributed by atoms with Gasteiger partial charge in [0.05, 0.1) is 6.61 Å². The van der Waals surface area contributed by atoms with Gasteiger partial charge in [-0.3, -0.25) is 14.4 Å². The predicted octanol–water partition coefficient (Wildman–Crippen LogP) is 18.1. The molecule has 2 atom stereocenters. The van der Waals surface area contributed by atoms with E-state index >= 15 is 0 Å². The Hall–Kier alpha value is -1.63. The Bertz CT molecular complexity index is 1060. The van der Waals surface area contributed by atoms with Crippen molar-refractivity contribution < 1.29 is 23.9 Å². The highest BCUT2D eigenvalue weighted by Crippen LogP contribution is 2.25. The van der Waals surface area contributed by atoms with Crippen LogP contribution in [0.4, 0.5) is 0 Å². The number of carbonyl (C=O) groups is 3. The average molecular weight is 948 g/mol. The number of carbonyl (C=O) groups excluding carboxylic acids is 3. The lowest BCUT2D eigenvalue weighted by molar-refractivity contribution is -0.150. The molecular weight excluding hydrogens is 829 g/mol. The van der Waals surface area contributed by atoms with Gasteiger partial charge in [-0.2, -0.15) is 0 Å². The molecule has 0 radical (unpaired) electrons. The lowest BCUT2D eigenvalue weighted by Gasteiger charge is -2.33. The fourth-order valence-corrected chi connectivity index (χ4v) is 9.95. The lowest BCUT2D eigenvalue weighted by Crippen LogP contribution is -2.41. The Morgan fingerprint density at radius 1 is 0.388 bits per heavy atom. The van der Waals surface area contributed by atoms with Gasteiger partial charge in [-0.15, -0.1) is 0 Å². The minimum absolute atomic E-state index is 0.0410. The van der Waals surface area contributed by atoms with E-state index in [2.05, 4.69) is 58.5 Å². The van der Waals surface area contributed by atoms with Gasteiger partial charge in [-0.05, 0) is 90.8 Å². The van der Waals surface area contributed by atoms with E-state index in [0.717, 1.165) is 115 Å². The molecule has 0 bridgehead atoms. The number of amides is 1. The van der Waals surface area contributed by atoms with Gasteiger partial charge in [0.1, 0.15) is 6.10 Å². The maximum absolute atomic E-state index is 14.0. The molecule has 0 aromatic rings. The Labute approximate surface area is 419 Å². The van der Waals surface area contributed by atoms with Crippen molar-refractivity contribution in [2.24, 2.45) is 5.92 Å². The maximum Gasteiger partial charge on any atom is 0.306 e. The molecule has 0 rings (SSSR count). The van der Waals surface area contributed by atoms with Crippen LogP contribution < -0.4 is 0 Å². The third-order valence-corrected chi connectivity index (χ3v) is 14.4. The first kappa shape index (κ1) is 65.4. The average Bonchev–Trinajstić information content (AvgIpc) is 3.31. The summed E-state index contributed by atoms with van der Waals surface area (Å²) in [5, 5.41) is 0. The van der Waals surface area contributed by atoms with Gasteiger partial charge in [-0.1, -0.05) is 234 Å². The maximum atomic E-state index is 14.0. The summed E-state index contributed by atoms with van der Waals surface area (Å²) in [4.78, 5) is 43.8. The summed E-state index contributed by atoms with van der Waals surface area (Å²) in [7, 11) is 4.23. The molecule has 2 unspecified atom stereocenters. The molecule has 0 fully saturated rings. The number of esters is 2. The molecule has 398 valence electrons. The molecule has 67 heavy (non-hydrogen) atoms. The van der Waals surface area contributed by atoms with Crippen molar-refractivity contribution in [3.8, 4) is 0 Å². The predicted molar refractivity (Wildman–Crippen MR) is 290 cm³/mol. The fraction of sp³-hybridized carbons (Fsp3) is 0.950. The second kappa shape index (κ2) is 50.7. The summed E-state index contributed by atoms with van der Waals surface area (Å²) in [5.41, 5.74) is 0. The molecule has 7 nitrogen and oxygen atoms in total. The highest BCUT2D eigenvalue weighted by Gasteiger charge is 2.23. The Balaban J connectivity index is 4.92. The zero-order valence-corrected chi connectivity index (χ0v) is 46.4. The third kappa shape index (κ3) is 44.1. The topological polar surface area (TPSA) is 76.2 Å². The summed E-state index contributed by atoms with van der Waals surface area (Å²) < 4.78 is 11.5. The quantitative estimate of drug-likeness (QED) is 0.0447. The van der Waals surface area contributed by atoms with E-state index in [1.165, 1.54) is 167 Å². The fourth-order valence-electron chi connectivity index (χ4n) is 9.95. The summed E-state index contributed by atoms with van der Waals surface area (Å²) in [6, 6.07) is 0.261. The van der Waals surface area contributed by atoms with Crippen LogP contribution in [0.15, 0.2) is 0 Å². The van der Waals surface area contributed by atoms with Crippen molar-refractivity contribution in [1.29, 1.82) is 0 Å². The van der Waals surface area contributed by atoms with Crippen molar-refractivity contribution >= 4 is 17.8 Å². The van der Waals surface area contributed by atoms with Crippen LogP contribution in [-0.2, 0) is 23.9 Å². The van der Waals surface area contributed by atoms with Crippen molar-refractivity contribution in [1.82, 2.24) is 9.80 Å². The van der Waals surface area contributed by atoms with Gasteiger partial charge in [0.25, 0.3) is 0 Å². The summed E-state index contributed by atoms with van der Waals surface area (Å²) >= 11 is 0. The second-order valence-electron chi connectivity index (χ2n) is 21.2. The van der Waals surface area contributed by atoms with E-state index in [1.54, 1.807) is 0 Å². The van der Waals surface area contributed by atoms with Gasteiger partial charge in [0.2, 0.25) is 5.91 Å². The van der Waals surface area contributed by atoms with E-state index in [4.69, 9.17) is 9.47 Å². The van der Waals surface area contributed by atoms with E-state index in [1.807, 2.05) is 0 Å². The Kier molecular flexibility index (Phi) is 49.5. The first-order valence-electron chi connectivity index (χ1n) is 30.0. The Morgan fingerprint density at radius 3 is 1.27 bits per heavy atom. The van der Waals surface area contributed by atoms with E-state index in [-0.39, 0.29) is 24.1 Å². The number of nitrogens with zero attached hydrogens (tertiary/aromatic N) is 2. The molecule has 0 aromatic carbocycles. The molecular formula is C60H118N2O5. The van der Waals surface area contributed by atoms with Crippen LogP contribution in [0.25, 0.3) is 0 Å². The third-order valence-electron chi connectivity index (χ3n) is 14.4. The van der Waals surface area contributed by atoms with E-state index in [9.17, 15) is 14.4 Å². The van der Waals surface area contributed by atoms with Crippen molar-refractivity contribution in [3.63, 3.8) is 0 Å². The molecule has 0 N–H and O–H groups in total. The number of hydrogen-bond donors (Lipinski definition) is 0. The molecule has 0 aromatic heterocycles. The molecule has 0 aliphatic heterocycles. The smallest absolute Gasteiger partial charge is 0.306 e. The first-order valence-corrected chi connectivity index (χ1v) is 30.0. The van der Waals surface area contributed by atoms with Gasteiger partial charge in [0.15, 0.2) is 0 Å². The van der Waals surface area contributed by atoms with Gasteiger partial charge < -0.3 is 19.3 Å². The van der Waals surface area contributed by atoms with Gasteiger partial charge >= 0.3 is 11.9 Å². The van der Waals surface area contributed by atoms with Crippen molar-refractivity contribution in [2.75, 3.05) is 33.8 Å². The molecule has 0 aliphatic rings. The zero-order chi connectivity index (χ0) is 49.3. The first-order chi connectivity index (χ1) is 32.7. The van der Waals surface area contributed by atoms with Crippen LogP contribution in [0.5, 0.6) is 0 Å². The minimum Gasteiger partial charge on any atom is -0.466 e.